The number of esters is 1. The Hall–Kier alpha value is -2.42. The van der Waals surface area contributed by atoms with E-state index in [9.17, 15) is 4.79 Å². The van der Waals surface area contributed by atoms with Crippen LogP contribution in [-0.2, 0) is 4.74 Å². The van der Waals surface area contributed by atoms with Crippen molar-refractivity contribution in [2.45, 2.75) is 13.8 Å². The second-order valence-corrected chi connectivity index (χ2v) is 4.69. The van der Waals surface area contributed by atoms with Gasteiger partial charge in [0.15, 0.2) is 0 Å². The number of aromatic nitrogens is 1. The van der Waals surface area contributed by atoms with Crippen molar-refractivity contribution < 1.29 is 9.53 Å². The quantitative estimate of drug-likeness (QED) is 0.521. The summed E-state index contributed by atoms with van der Waals surface area (Å²) in [6.45, 7) is 4.00. The summed E-state index contributed by atoms with van der Waals surface area (Å²) in [4.78, 5) is 16.5. The Morgan fingerprint density at radius 3 is 2.70 bits per heavy atom. The zero-order valence-electron chi connectivity index (χ0n) is 11.5. The summed E-state index contributed by atoms with van der Waals surface area (Å²) >= 11 is 0. The zero-order chi connectivity index (χ0) is 14.1. The van der Waals surface area contributed by atoms with Gasteiger partial charge >= 0.3 is 5.97 Å². The van der Waals surface area contributed by atoms with Crippen molar-refractivity contribution >= 4 is 27.5 Å². The fraction of sp³-hybridized carbons (Fsp3) is 0.176. The van der Waals surface area contributed by atoms with Crippen LogP contribution in [0.2, 0.25) is 0 Å². The van der Waals surface area contributed by atoms with Gasteiger partial charge in [0.1, 0.15) is 0 Å². The fourth-order valence-electron chi connectivity index (χ4n) is 2.53. The van der Waals surface area contributed by atoms with E-state index >= 15 is 0 Å². The Morgan fingerprint density at radius 2 is 1.90 bits per heavy atom. The van der Waals surface area contributed by atoms with Gasteiger partial charge in [0, 0.05) is 17.0 Å². The summed E-state index contributed by atoms with van der Waals surface area (Å²) in [6.07, 6.45) is 1.83. The Labute approximate surface area is 117 Å². The number of pyridine rings is 1. The first-order valence-corrected chi connectivity index (χ1v) is 6.66. The van der Waals surface area contributed by atoms with Crippen molar-refractivity contribution in [1.82, 2.24) is 4.98 Å². The van der Waals surface area contributed by atoms with E-state index < -0.39 is 0 Å². The summed E-state index contributed by atoms with van der Waals surface area (Å²) in [6, 6.07) is 12.1. The number of ether oxygens (including phenoxy) is 1. The van der Waals surface area contributed by atoms with E-state index in [2.05, 4.69) is 11.1 Å². The maximum Gasteiger partial charge on any atom is 0.340 e. The van der Waals surface area contributed by atoms with Gasteiger partial charge < -0.3 is 4.74 Å². The normalized spacial score (nSPS) is 10.9. The number of nitrogens with zero attached hydrogens (tertiary/aromatic N) is 1. The van der Waals surface area contributed by atoms with Crippen molar-refractivity contribution in [1.29, 1.82) is 0 Å². The Kier molecular flexibility index (Phi) is 3.11. The number of hydrogen-bond donors (Lipinski definition) is 0. The lowest BCUT2D eigenvalue weighted by atomic mass is 9.99. The van der Waals surface area contributed by atoms with Gasteiger partial charge in [0.2, 0.25) is 0 Å². The molecule has 0 saturated heterocycles. The van der Waals surface area contributed by atoms with Crippen LogP contribution in [0.1, 0.15) is 23.0 Å². The zero-order valence-corrected chi connectivity index (χ0v) is 11.5. The minimum atomic E-state index is -0.307. The fourth-order valence-corrected chi connectivity index (χ4v) is 2.53. The lowest BCUT2D eigenvalue weighted by Crippen LogP contribution is -2.08. The smallest absolute Gasteiger partial charge is 0.340 e. The predicted molar refractivity (Wildman–Crippen MR) is 79.9 cm³/mol. The summed E-state index contributed by atoms with van der Waals surface area (Å²) < 4.78 is 5.15. The molecule has 0 saturated carbocycles. The van der Waals surface area contributed by atoms with Crippen molar-refractivity contribution in [3.63, 3.8) is 0 Å². The van der Waals surface area contributed by atoms with Crippen LogP contribution in [0.5, 0.6) is 0 Å². The van der Waals surface area contributed by atoms with E-state index in [-0.39, 0.29) is 5.97 Å². The molecule has 0 atom stereocenters. The topological polar surface area (TPSA) is 39.2 Å². The molecule has 0 aliphatic carbocycles. The first-order chi connectivity index (χ1) is 9.72. The van der Waals surface area contributed by atoms with Crippen LogP contribution in [0.4, 0.5) is 0 Å². The van der Waals surface area contributed by atoms with E-state index in [1.165, 1.54) is 0 Å². The highest BCUT2D eigenvalue weighted by molar-refractivity contribution is 6.14. The number of benzene rings is 2. The Bertz CT molecular complexity index is 809. The van der Waals surface area contributed by atoms with Gasteiger partial charge in [-0.2, -0.15) is 0 Å². The van der Waals surface area contributed by atoms with Crippen molar-refractivity contribution in [2.75, 3.05) is 6.61 Å². The van der Waals surface area contributed by atoms with Gasteiger partial charge in [-0.3, -0.25) is 4.98 Å². The van der Waals surface area contributed by atoms with Gasteiger partial charge in [0.25, 0.3) is 0 Å². The number of rotatable bonds is 2. The molecule has 0 aliphatic rings. The molecule has 2 aromatic carbocycles. The maximum atomic E-state index is 12.2. The average molecular weight is 265 g/mol. The standard InChI is InChI=1S/C17H15NO2/c1-3-20-17(19)16-11(2)18-10-15-13-7-5-4-6-12(13)8-9-14(15)16/h4-10H,3H2,1-2H3. The molecule has 100 valence electrons. The molecule has 0 unspecified atom stereocenters. The molecule has 0 bridgehead atoms. The molecule has 0 fully saturated rings. The van der Waals surface area contributed by atoms with Crippen LogP contribution in [0.3, 0.4) is 0 Å². The van der Waals surface area contributed by atoms with Crippen LogP contribution in [0.15, 0.2) is 42.6 Å². The number of hydrogen-bond acceptors (Lipinski definition) is 3. The third-order valence-corrected chi connectivity index (χ3v) is 3.47. The number of aryl methyl sites for hydroxylation is 1. The average Bonchev–Trinajstić information content (AvgIpc) is 2.46. The molecule has 1 heterocycles. The van der Waals surface area contributed by atoms with Crippen LogP contribution < -0.4 is 0 Å². The van der Waals surface area contributed by atoms with Crippen LogP contribution in [0.25, 0.3) is 21.5 Å². The van der Waals surface area contributed by atoms with Crippen LogP contribution in [-0.4, -0.2) is 17.6 Å². The molecule has 3 nitrogen and oxygen atoms in total. The summed E-state index contributed by atoms with van der Waals surface area (Å²) in [5.74, 6) is -0.307. The molecule has 0 aliphatic heterocycles. The highest BCUT2D eigenvalue weighted by Crippen LogP contribution is 2.28. The van der Waals surface area contributed by atoms with Crippen molar-refractivity contribution in [2.24, 2.45) is 0 Å². The molecule has 3 heteroatoms. The third-order valence-electron chi connectivity index (χ3n) is 3.47. The summed E-state index contributed by atoms with van der Waals surface area (Å²) in [5, 5.41) is 4.12. The summed E-state index contributed by atoms with van der Waals surface area (Å²) in [7, 11) is 0. The van der Waals surface area contributed by atoms with Gasteiger partial charge in [-0.25, -0.2) is 4.79 Å². The van der Waals surface area contributed by atoms with E-state index in [4.69, 9.17) is 4.74 Å². The molecule has 1 aromatic heterocycles. The van der Waals surface area contributed by atoms with E-state index in [1.54, 1.807) is 6.92 Å². The van der Waals surface area contributed by atoms with Crippen LogP contribution >= 0.6 is 0 Å². The molecule has 3 aromatic rings. The number of fused-ring (bicyclic) bond motifs is 3. The Balaban J connectivity index is 2.37. The predicted octanol–water partition coefficient (Wildman–Crippen LogP) is 3.87. The minimum Gasteiger partial charge on any atom is -0.462 e. The molecule has 0 amide bonds. The lowest BCUT2D eigenvalue weighted by Gasteiger charge is -2.10. The lowest BCUT2D eigenvalue weighted by molar-refractivity contribution is 0.0527. The van der Waals surface area contributed by atoms with E-state index in [0.717, 1.165) is 21.5 Å². The van der Waals surface area contributed by atoms with Crippen LogP contribution in [0, 0.1) is 6.92 Å². The van der Waals surface area contributed by atoms with Crippen molar-refractivity contribution in [3.8, 4) is 0 Å². The van der Waals surface area contributed by atoms with Gasteiger partial charge in [0.05, 0.1) is 17.9 Å². The molecule has 3 rings (SSSR count). The molecule has 0 radical (unpaired) electrons. The van der Waals surface area contributed by atoms with E-state index in [1.807, 2.05) is 43.5 Å². The summed E-state index contributed by atoms with van der Waals surface area (Å²) in [5.41, 5.74) is 1.27. The molecule has 0 N–H and O–H groups in total. The molecular weight excluding hydrogens is 250 g/mol. The number of carbonyl (C=O) groups is 1. The maximum absolute atomic E-state index is 12.2. The second kappa shape index (κ2) is 4.93. The van der Waals surface area contributed by atoms with Gasteiger partial charge in [-0.05, 0) is 24.6 Å². The molecule has 0 spiro atoms. The third kappa shape index (κ3) is 1.92. The van der Waals surface area contributed by atoms with E-state index in [0.29, 0.717) is 17.9 Å². The first-order valence-electron chi connectivity index (χ1n) is 6.66. The highest BCUT2D eigenvalue weighted by Gasteiger charge is 2.16. The monoisotopic (exact) mass is 265 g/mol. The SMILES string of the molecule is CCOC(=O)c1c(C)ncc2c1ccc1ccccc12. The van der Waals surface area contributed by atoms with Gasteiger partial charge in [-0.1, -0.05) is 36.4 Å². The second-order valence-electron chi connectivity index (χ2n) is 4.69. The largest absolute Gasteiger partial charge is 0.462 e. The molecule has 20 heavy (non-hydrogen) atoms. The minimum absolute atomic E-state index is 0.307. The first kappa shape index (κ1) is 12.6. The molecular formula is C17H15NO2. The van der Waals surface area contributed by atoms with Gasteiger partial charge in [-0.15, -0.1) is 0 Å². The number of carbonyl (C=O) groups excluding carboxylic acids is 1. The Morgan fingerprint density at radius 1 is 1.10 bits per heavy atom. The highest BCUT2D eigenvalue weighted by atomic mass is 16.5. The van der Waals surface area contributed by atoms with Crippen molar-refractivity contribution in [3.05, 3.63) is 53.9 Å².